The molecule has 0 saturated carbocycles. The van der Waals surface area contributed by atoms with E-state index in [1.165, 1.54) is 0 Å². The maximum Gasteiger partial charge on any atom is 0.269 e. The van der Waals surface area contributed by atoms with E-state index in [4.69, 9.17) is 0 Å². The van der Waals surface area contributed by atoms with Gasteiger partial charge in [-0.25, -0.2) is 0 Å². The third-order valence-corrected chi connectivity index (χ3v) is 15.4. The van der Waals surface area contributed by atoms with Crippen LogP contribution in [0.5, 0.6) is 0 Å². The van der Waals surface area contributed by atoms with Crippen molar-refractivity contribution in [1.29, 1.82) is 0 Å². The van der Waals surface area contributed by atoms with Gasteiger partial charge in [0.05, 0.1) is 0 Å². The molecule has 0 aromatic heterocycles. The number of nitrogens with one attached hydrogen (secondary N) is 1. The van der Waals surface area contributed by atoms with Gasteiger partial charge in [-0.3, -0.25) is 0 Å². The van der Waals surface area contributed by atoms with Crippen LogP contribution in [0.2, 0.25) is 13.1 Å². The molecule has 3 nitrogen and oxygen atoms in total. The third-order valence-electron chi connectivity index (χ3n) is 3.04. The zero-order valence-electron chi connectivity index (χ0n) is 9.75. The molecule has 1 heterocycles. The number of hydrogen-bond donors (Lipinski definition) is 1. The van der Waals surface area contributed by atoms with Crippen LogP contribution in [0.4, 0.5) is 0 Å². The molecular weight excluding hydrogens is 234 g/mol. The van der Waals surface area contributed by atoms with E-state index in [1.54, 1.807) is 0 Å². The summed E-state index contributed by atoms with van der Waals surface area (Å²) in [6.45, 7) is 16.5. The second kappa shape index (κ2) is 4.22. The minimum absolute atomic E-state index is 0.656. The zero-order valence-corrected chi connectivity index (χ0v) is 12.7. The second-order valence-corrected chi connectivity index (χ2v) is 14.0. The van der Waals surface area contributed by atoms with Gasteiger partial charge in [0.2, 0.25) is 18.2 Å². The van der Waals surface area contributed by atoms with E-state index in [0.29, 0.717) is 9.84 Å². The highest BCUT2D eigenvalue weighted by molar-refractivity contribution is 7.01. The summed E-state index contributed by atoms with van der Waals surface area (Å²) in [5, 5.41) is 0. The quantitative estimate of drug-likeness (QED) is 0.760. The van der Waals surface area contributed by atoms with E-state index in [2.05, 4.69) is 53.0 Å². The molecule has 1 aliphatic heterocycles. The van der Waals surface area contributed by atoms with Crippen LogP contribution in [-0.4, -0.2) is 42.1 Å². The number of hydrogen-bond acceptors (Lipinski definition) is 3. The lowest BCUT2D eigenvalue weighted by atomic mass is 11.1. The largest absolute Gasteiger partial charge is 0.402 e. The summed E-state index contributed by atoms with van der Waals surface area (Å²) in [4.78, 5) is 0. The van der Waals surface area contributed by atoms with Crippen LogP contribution < -0.4 is 4.65 Å². The van der Waals surface area contributed by atoms with Gasteiger partial charge < -0.3 is 13.1 Å². The lowest BCUT2D eigenvalue weighted by Crippen LogP contribution is -2.80. The molecule has 1 N–H and O–H groups in total. The summed E-state index contributed by atoms with van der Waals surface area (Å²) in [5.74, 6) is 0. The number of nitrogens with zero attached hydrogens (tertiary/aromatic N) is 2. The van der Waals surface area contributed by atoms with Gasteiger partial charge in [0.1, 0.15) is 0 Å². The average molecular weight is 254 g/mol. The summed E-state index contributed by atoms with van der Waals surface area (Å²) >= 11 is 0. The van der Waals surface area contributed by atoms with Crippen molar-refractivity contribution in [2.75, 3.05) is 7.05 Å². The molecular formula is C9H19N3Si3. The van der Waals surface area contributed by atoms with Crippen LogP contribution in [0.25, 0.3) is 0 Å². The van der Waals surface area contributed by atoms with Crippen molar-refractivity contribution in [3.63, 3.8) is 0 Å². The van der Waals surface area contributed by atoms with Crippen molar-refractivity contribution < 1.29 is 0 Å². The Balaban J connectivity index is 3.18. The van der Waals surface area contributed by atoms with Crippen LogP contribution in [0.3, 0.4) is 0 Å². The fourth-order valence-corrected chi connectivity index (χ4v) is 13.4. The molecule has 0 atom stereocenters. The van der Waals surface area contributed by atoms with Gasteiger partial charge in [-0.2, -0.15) is 0 Å². The summed E-state index contributed by atoms with van der Waals surface area (Å²) in [6.07, 6.45) is 1.95. The Morgan fingerprint density at radius 3 is 2.13 bits per heavy atom. The van der Waals surface area contributed by atoms with Crippen LogP contribution in [0.1, 0.15) is 0 Å². The molecule has 6 heteroatoms. The standard InChI is InChI=1S/C9H19N3Si3/c1-7-12-14(5,6)11(4)13-10-15(12,8-2)9-3/h7-10H,1-3H2,4-6H3. The van der Waals surface area contributed by atoms with E-state index in [-0.39, 0.29) is 0 Å². The molecule has 0 spiro atoms. The summed E-state index contributed by atoms with van der Waals surface area (Å²) in [6, 6.07) is 0. The minimum Gasteiger partial charge on any atom is -0.402 e. The Labute approximate surface area is 97.5 Å². The van der Waals surface area contributed by atoms with Crippen LogP contribution in [-0.2, 0) is 0 Å². The first-order valence-electron chi connectivity index (χ1n) is 4.90. The van der Waals surface area contributed by atoms with Crippen molar-refractivity contribution in [2.45, 2.75) is 13.1 Å². The highest BCUT2D eigenvalue weighted by Gasteiger charge is 2.48. The fourth-order valence-electron chi connectivity index (χ4n) is 1.74. The molecule has 1 fully saturated rings. The van der Waals surface area contributed by atoms with E-state index >= 15 is 0 Å². The molecule has 0 amide bonds. The Morgan fingerprint density at radius 2 is 1.73 bits per heavy atom. The molecule has 15 heavy (non-hydrogen) atoms. The van der Waals surface area contributed by atoms with Crippen LogP contribution in [0.15, 0.2) is 37.3 Å². The first-order valence-corrected chi connectivity index (χ1v) is 10.8. The predicted octanol–water partition coefficient (Wildman–Crippen LogP) is 1.10. The van der Waals surface area contributed by atoms with Crippen molar-refractivity contribution in [1.82, 2.24) is 13.1 Å². The highest BCUT2D eigenvalue weighted by Crippen LogP contribution is 2.24. The topological polar surface area (TPSA) is 18.5 Å². The van der Waals surface area contributed by atoms with Gasteiger partial charge in [0.25, 0.3) is 8.40 Å². The summed E-state index contributed by atoms with van der Waals surface area (Å²) < 4.78 is 8.39. The minimum atomic E-state index is -1.91. The van der Waals surface area contributed by atoms with E-state index in [0.717, 1.165) is 0 Å². The van der Waals surface area contributed by atoms with E-state index < -0.39 is 16.8 Å². The van der Waals surface area contributed by atoms with Crippen molar-refractivity contribution in [2.24, 2.45) is 0 Å². The molecule has 0 aliphatic carbocycles. The molecule has 0 bridgehead atoms. The Kier molecular flexibility index (Phi) is 3.56. The van der Waals surface area contributed by atoms with E-state index in [1.807, 2.05) is 17.6 Å². The normalized spacial score (nSPS) is 24.6. The molecule has 0 unspecified atom stereocenters. The van der Waals surface area contributed by atoms with Crippen LogP contribution in [0, 0.1) is 0 Å². The Morgan fingerprint density at radius 1 is 1.20 bits per heavy atom. The molecule has 0 aromatic carbocycles. The first kappa shape index (κ1) is 12.7. The fraction of sp³-hybridized carbons (Fsp3) is 0.333. The van der Waals surface area contributed by atoms with Crippen LogP contribution >= 0.6 is 0 Å². The van der Waals surface area contributed by atoms with Crippen molar-refractivity contribution in [3.8, 4) is 0 Å². The maximum absolute atomic E-state index is 3.96. The molecule has 1 rings (SSSR count). The van der Waals surface area contributed by atoms with Crippen molar-refractivity contribution in [3.05, 3.63) is 37.3 Å². The van der Waals surface area contributed by atoms with Gasteiger partial charge >= 0.3 is 0 Å². The van der Waals surface area contributed by atoms with Gasteiger partial charge in [-0.15, -0.1) is 13.2 Å². The molecule has 1 aliphatic rings. The van der Waals surface area contributed by atoms with Gasteiger partial charge in [0.15, 0.2) is 0 Å². The smallest absolute Gasteiger partial charge is 0.269 e. The average Bonchev–Trinajstić information content (AvgIpc) is 2.22. The lowest BCUT2D eigenvalue weighted by molar-refractivity contribution is 0.641. The first-order chi connectivity index (χ1) is 6.94. The Bertz CT molecular complexity index is 282. The maximum atomic E-state index is 3.96. The SMILES string of the molecule is C=CN1[Si](C=C)(C=C)N[Si]N(C)[Si]1(C)C. The zero-order chi connectivity index (χ0) is 11.7. The Hall–Kier alpha value is -0.409. The molecule has 2 radical (unpaired) electrons. The lowest BCUT2D eigenvalue weighted by Gasteiger charge is -2.54. The van der Waals surface area contributed by atoms with Crippen molar-refractivity contribution >= 4 is 26.6 Å². The summed E-state index contributed by atoms with van der Waals surface area (Å²) in [7, 11) is -0.674. The van der Waals surface area contributed by atoms with Gasteiger partial charge in [0, 0.05) is 0 Å². The highest BCUT2D eigenvalue weighted by atomic mass is 28.5. The third kappa shape index (κ3) is 1.83. The summed E-state index contributed by atoms with van der Waals surface area (Å²) in [5.41, 5.74) is 4.08. The van der Waals surface area contributed by atoms with Gasteiger partial charge in [-0.1, -0.05) is 18.0 Å². The molecule has 82 valence electrons. The van der Waals surface area contributed by atoms with Gasteiger partial charge in [-0.05, 0) is 26.3 Å². The molecule has 1 saturated heterocycles. The molecule has 0 aromatic rings. The second-order valence-electron chi connectivity index (χ2n) is 4.08. The predicted molar refractivity (Wildman–Crippen MR) is 72.3 cm³/mol. The van der Waals surface area contributed by atoms with E-state index in [9.17, 15) is 0 Å². The number of rotatable bonds is 3. The monoisotopic (exact) mass is 253 g/mol.